The Morgan fingerprint density at radius 2 is 0.652 bits per heavy atom. The standard InChI is InChI=1S/C41H25N5/c1-3-7-26(8-4-1)34-22-19-29-13-14-30-21-24-36(45-38(30)37(29)43-34)28-11-16-32(17-12-28)41-42-25-33-18-15-31-20-23-35(27-9-5-2-6-10-27)44-39(31)40(33)46-41/h1-25H. The maximum atomic E-state index is 5.12. The van der Waals surface area contributed by atoms with Crippen molar-refractivity contribution in [3.05, 3.63) is 152 Å². The van der Waals surface area contributed by atoms with Crippen molar-refractivity contribution in [1.29, 1.82) is 0 Å². The van der Waals surface area contributed by atoms with Crippen LogP contribution < -0.4 is 0 Å². The molecule has 0 fully saturated rings. The van der Waals surface area contributed by atoms with E-state index in [9.17, 15) is 0 Å². The van der Waals surface area contributed by atoms with Crippen LogP contribution in [-0.4, -0.2) is 24.9 Å². The minimum Gasteiger partial charge on any atom is -0.245 e. The second-order valence-electron chi connectivity index (χ2n) is 11.4. The molecule has 0 saturated carbocycles. The number of rotatable bonds is 4. The van der Waals surface area contributed by atoms with Crippen molar-refractivity contribution in [2.75, 3.05) is 0 Å². The number of hydrogen-bond acceptors (Lipinski definition) is 5. The zero-order valence-electron chi connectivity index (χ0n) is 24.7. The largest absolute Gasteiger partial charge is 0.245 e. The first-order chi connectivity index (χ1) is 22.8. The predicted octanol–water partition coefficient (Wildman–Crippen LogP) is 9.94. The molecular weight excluding hydrogens is 562 g/mol. The van der Waals surface area contributed by atoms with Gasteiger partial charge in [0.05, 0.1) is 33.6 Å². The molecule has 0 amide bonds. The fraction of sp³-hybridized carbons (Fsp3) is 0. The molecule has 0 unspecified atom stereocenters. The lowest BCUT2D eigenvalue weighted by Gasteiger charge is -2.09. The van der Waals surface area contributed by atoms with Crippen LogP contribution in [0.4, 0.5) is 0 Å². The highest BCUT2D eigenvalue weighted by atomic mass is 14.9. The molecule has 0 aliphatic heterocycles. The minimum absolute atomic E-state index is 0.661. The molecule has 0 radical (unpaired) electrons. The van der Waals surface area contributed by atoms with Gasteiger partial charge in [0, 0.05) is 50.0 Å². The third-order valence-corrected chi connectivity index (χ3v) is 8.51. The highest BCUT2D eigenvalue weighted by molar-refractivity contribution is 6.05. The molecule has 5 heteroatoms. The summed E-state index contributed by atoms with van der Waals surface area (Å²) in [7, 11) is 0. The van der Waals surface area contributed by atoms with Crippen LogP contribution in [0.25, 0.3) is 88.8 Å². The smallest absolute Gasteiger partial charge is 0.159 e. The number of hydrogen-bond donors (Lipinski definition) is 0. The Hall–Kier alpha value is -6.33. The van der Waals surface area contributed by atoms with E-state index in [4.69, 9.17) is 24.9 Å². The molecule has 9 aromatic rings. The molecule has 0 aliphatic rings. The molecule has 214 valence electrons. The predicted molar refractivity (Wildman–Crippen MR) is 187 cm³/mol. The molecular formula is C41H25N5. The lowest BCUT2D eigenvalue weighted by molar-refractivity contribution is 1.23. The maximum absolute atomic E-state index is 5.12. The van der Waals surface area contributed by atoms with Crippen molar-refractivity contribution in [3.8, 4) is 45.2 Å². The van der Waals surface area contributed by atoms with Crippen LogP contribution in [0, 0.1) is 0 Å². The van der Waals surface area contributed by atoms with Gasteiger partial charge in [-0.2, -0.15) is 0 Å². The van der Waals surface area contributed by atoms with Gasteiger partial charge in [0.2, 0.25) is 0 Å². The van der Waals surface area contributed by atoms with Crippen LogP contribution >= 0.6 is 0 Å². The van der Waals surface area contributed by atoms with Crippen molar-refractivity contribution in [1.82, 2.24) is 24.9 Å². The van der Waals surface area contributed by atoms with E-state index >= 15 is 0 Å². The maximum Gasteiger partial charge on any atom is 0.159 e. The van der Waals surface area contributed by atoms with Gasteiger partial charge < -0.3 is 0 Å². The van der Waals surface area contributed by atoms with Gasteiger partial charge in [-0.3, -0.25) is 0 Å². The summed E-state index contributed by atoms with van der Waals surface area (Å²) in [6.45, 7) is 0. The van der Waals surface area contributed by atoms with Gasteiger partial charge in [0.15, 0.2) is 5.82 Å². The van der Waals surface area contributed by atoms with E-state index in [-0.39, 0.29) is 0 Å². The van der Waals surface area contributed by atoms with E-state index < -0.39 is 0 Å². The minimum atomic E-state index is 0.661. The Morgan fingerprint density at radius 3 is 1.13 bits per heavy atom. The van der Waals surface area contributed by atoms with Crippen LogP contribution in [0.5, 0.6) is 0 Å². The lowest BCUT2D eigenvalue weighted by atomic mass is 10.0. The molecule has 0 spiro atoms. The van der Waals surface area contributed by atoms with Gasteiger partial charge in [-0.25, -0.2) is 24.9 Å². The molecule has 9 rings (SSSR count). The highest BCUT2D eigenvalue weighted by Crippen LogP contribution is 2.31. The number of pyridine rings is 3. The first-order valence-corrected chi connectivity index (χ1v) is 15.3. The Kier molecular flexibility index (Phi) is 6.06. The van der Waals surface area contributed by atoms with E-state index in [0.29, 0.717) is 5.82 Å². The molecule has 0 aliphatic carbocycles. The number of benzene rings is 5. The number of aromatic nitrogens is 5. The number of nitrogens with zero attached hydrogens (tertiary/aromatic N) is 5. The average molecular weight is 588 g/mol. The Bertz CT molecular complexity index is 2380. The summed E-state index contributed by atoms with van der Waals surface area (Å²) < 4.78 is 0. The topological polar surface area (TPSA) is 64.5 Å². The Balaban J connectivity index is 1.10. The lowest BCUT2D eigenvalue weighted by Crippen LogP contribution is -1.94. The normalized spacial score (nSPS) is 11.5. The summed E-state index contributed by atoms with van der Waals surface area (Å²) in [6, 6.07) is 49.7. The molecule has 5 aromatic carbocycles. The fourth-order valence-electron chi connectivity index (χ4n) is 6.07. The summed E-state index contributed by atoms with van der Waals surface area (Å²) in [6.07, 6.45) is 1.88. The van der Waals surface area contributed by atoms with Gasteiger partial charge in [0.1, 0.15) is 5.52 Å². The first-order valence-electron chi connectivity index (χ1n) is 15.3. The second-order valence-corrected chi connectivity index (χ2v) is 11.4. The highest BCUT2D eigenvalue weighted by Gasteiger charge is 2.12. The van der Waals surface area contributed by atoms with E-state index in [2.05, 4.69) is 109 Å². The van der Waals surface area contributed by atoms with Crippen molar-refractivity contribution in [2.45, 2.75) is 0 Å². The second kappa shape index (κ2) is 10.7. The number of fused-ring (bicyclic) bond motifs is 6. The van der Waals surface area contributed by atoms with Gasteiger partial charge in [-0.1, -0.05) is 127 Å². The quantitative estimate of drug-likeness (QED) is 0.192. The molecule has 0 atom stereocenters. The first kappa shape index (κ1) is 26.1. The summed E-state index contributed by atoms with van der Waals surface area (Å²) >= 11 is 0. The van der Waals surface area contributed by atoms with Crippen LogP contribution in [0.1, 0.15) is 0 Å². The summed E-state index contributed by atoms with van der Waals surface area (Å²) in [5.74, 6) is 0.661. The molecule has 4 aromatic heterocycles. The Morgan fingerprint density at radius 1 is 0.283 bits per heavy atom. The molecule has 0 saturated heterocycles. The molecule has 0 N–H and O–H groups in total. The van der Waals surface area contributed by atoms with Crippen molar-refractivity contribution >= 4 is 43.6 Å². The van der Waals surface area contributed by atoms with E-state index in [1.54, 1.807) is 0 Å². The summed E-state index contributed by atoms with van der Waals surface area (Å²) in [5, 5.41) is 4.14. The van der Waals surface area contributed by atoms with Crippen molar-refractivity contribution < 1.29 is 0 Å². The van der Waals surface area contributed by atoms with Gasteiger partial charge in [0.25, 0.3) is 0 Å². The molecule has 5 nitrogen and oxygen atoms in total. The van der Waals surface area contributed by atoms with Crippen molar-refractivity contribution in [3.63, 3.8) is 0 Å². The Labute approximate surface area is 264 Å². The van der Waals surface area contributed by atoms with Crippen LogP contribution in [0.3, 0.4) is 0 Å². The van der Waals surface area contributed by atoms with Gasteiger partial charge >= 0.3 is 0 Å². The molecule has 0 bridgehead atoms. The summed E-state index contributed by atoms with van der Waals surface area (Å²) in [5.41, 5.74) is 10.4. The third-order valence-electron chi connectivity index (χ3n) is 8.51. The van der Waals surface area contributed by atoms with Crippen LogP contribution in [0.15, 0.2) is 152 Å². The third kappa shape index (κ3) is 4.54. The zero-order valence-corrected chi connectivity index (χ0v) is 24.7. The van der Waals surface area contributed by atoms with Gasteiger partial charge in [-0.05, 0) is 18.2 Å². The fourth-order valence-corrected chi connectivity index (χ4v) is 6.07. The van der Waals surface area contributed by atoms with E-state index in [0.717, 1.165) is 82.9 Å². The average Bonchev–Trinajstić information content (AvgIpc) is 3.14. The van der Waals surface area contributed by atoms with E-state index in [1.807, 2.05) is 42.6 Å². The monoisotopic (exact) mass is 587 g/mol. The van der Waals surface area contributed by atoms with Crippen molar-refractivity contribution in [2.24, 2.45) is 0 Å². The zero-order chi connectivity index (χ0) is 30.5. The van der Waals surface area contributed by atoms with Gasteiger partial charge in [-0.15, -0.1) is 0 Å². The van der Waals surface area contributed by atoms with Crippen LogP contribution in [0.2, 0.25) is 0 Å². The van der Waals surface area contributed by atoms with Crippen LogP contribution in [-0.2, 0) is 0 Å². The molecule has 46 heavy (non-hydrogen) atoms. The molecule has 4 heterocycles. The summed E-state index contributed by atoms with van der Waals surface area (Å²) in [4.78, 5) is 24.9. The SMILES string of the molecule is c1ccc(-c2ccc3ccc4ccc(-c5ccc(-c6ncc7ccc8ccc(-c9ccccc9)nc8c7n6)cc5)nc4c3n2)cc1. The van der Waals surface area contributed by atoms with E-state index in [1.165, 1.54) is 0 Å².